The van der Waals surface area contributed by atoms with E-state index in [1.165, 1.54) is 18.2 Å². The predicted octanol–water partition coefficient (Wildman–Crippen LogP) is 1.60. The molecule has 0 spiro atoms. The molecule has 0 saturated carbocycles. The topological polar surface area (TPSA) is 55.1 Å². The molecule has 88 valence electrons. The molecule has 0 aliphatic carbocycles. The van der Waals surface area contributed by atoms with Gasteiger partial charge in [0.25, 0.3) is 5.91 Å². The van der Waals surface area contributed by atoms with Gasteiger partial charge in [-0.3, -0.25) is 4.79 Å². The highest BCUT2D eigenvalue weighted by molar-refractivity contribution is 5.95. The maximum Gasteiger partial charge on any atom is 0.251 e. The van der Waals surface area contributed by atoms with Gasteiger partial charge in [-0.25, -0.2) is 4.39 Å². The SMILES string of the molecule is CCC(CN)NC(=O)c1ccc(F)cc1C. The number of amides is 1. The van der Waals surface area contributed by atoms with Gasteiger partial charge >= 0.3 is 0 Å². The van der Waals surface area contributed by atoms with E-state index in [9.17, 15) is 9.18 Å². The Bertz CT molecular complexity index is 375. The fraction of sp³-hybridized carbons (Fsp3) is 0.417. The fourth-order valence-corrected chi connectivity index (χ4v) is 1.47. The summed E-state index contributed by atoms with van der Waals surface area (Å²) in [5.74, 6) is -0.533. The van der Waals surface area contributed by atoms with Crippen molar-refractivity contribution >= 4 is 5.91 Å². The molecule has 1 aromatic carbocycles. The van der Waals surface area contributed by atoms with Gasteiger partial charge in [0, 0.05) is 18.2 Å². The number of benzene rings is 1. The molecule has 0 fully saturated rings. The first kappa shape index (κ1) is 12.6. The van der Waals surface area contributed by atoms with Crippen molar-refractivity contribution in [2.75, 3.05) is 6.54 Å². The monoisotopic (exact) mass is 224 g/mol. The quantitative estimate of drug-likeness (QED) is 0.816. The van der Waals surface area contributed by atoms with Gasteiger partial charge in [-0.2, -0.15) is 0 Å². The molecule has 0 saturated heterocycles. The van der Waals surface area contributed by atoms with Gasteiger partial charge in [-0.15, -0.1) is 0 Å². The third-order valence-corrected chi connectivity index (χ3v) is 2.55. The third-order valence-electron chi connectivity index (χ3n) is 2.55. The van der Waals surface area contributed by atoms with E-state index in [-0.39, 0.29) is 17.8 Å². The first-order valence-corrected chi connectivity index (χ1v) is 5.35. The van der Waals surface area contributed by atoms with E-state index in [1.807, 2.05) is 6.92 Å². The summed E-state index contributed by atoms with van der Waals surface area (Å²) in [6, 6.07) is 4.09. The van der Waals surface area contributed by atoms with Gasteiger partial charge in [-0.1, -0.05) is 6.92 Å². The average molecular weight is 224 g/mol. The van der Waals surface area contributed by atoms with Gasteiger partial charge in [0.2, 0.25) is 0 Å². The van der Waals surface area contributed by atoms with E-state index >= 15 is 0 Å². The number of rotatable bonds is 4. The van der Waals surface area contributed by atoms with Crippen LogP contribution in [0.15, 0.2) is 18.2 Å². The minimum atomic E-state index is -0.333. The number of hydrogen-bond donors (Lipinski definition) is 2. The molecule has 1 unspecified atom stereocenters. The smallest absolute Gasteiger partial charge is 0.251 e. The maximum atomic E-state index is 12.9. The van der Waals surface area contributed by atoms with Crippen molar-refractivity contribution in [3.05, 3.63) is 35.1 Å². The van der Waals surface area contributed by atoms with Crippen LogP contribution in [0.3, 0.4) is 0 Å². The second-order valence-electron chi connectivity index (χ2n) is 3.77. The lowest BCUT2D eigenvalue weighted by atomic mass is 10.1. The Morgan fingerprint density at radius 1 is 1.56 bits per heavy atom. The minimum Gasteiger partial charge on any atom is -0.348 e. The Morgan fingerprint density at radius 3 is 2.75 bits per heavy atom. The minimum absolute atomic E-state index is 0.0306. The van der Waals surface area contributed by atoms with Crippen molar-refractivity contribution in [3.63, 3.8) is 0 Å². The van der Waals surface area contributed by atoms with Crippen molar-refractivity contribution in [3.8, 4) is 0 Å². The van der Waals surface area contributed by atoms with E-state index in [1.54, 1.807) is 6.92 Å². The molecule has 16 heavy (non-hydrogen) atoms. The number of carbonyl (C=O) groups is 1. The summed E-state index contributed by atoms with van der Waals surface area (Å²) >= 11 is 0. The largest absolute Gasteiger partial charge is 0.348 e. The Labute approximate surface area is 94.8 Å². The zero-order valence-corrected chi connectivity index (χ0v) is 9.59. The standard InChI is InChI=1S/C12H17FN2O/c1-3-10(7-14)15-12(16)11-5-4-9(13)6-8(11)2/h4-6,10H,3,7,14H2,1-2H3,(H,15,16). The van der Waals surface area contributed by atoms with Gasteiger partial charge < -0.3 is 11.1 Å². The summed E-state index contributed by atoms with van der Waals surface area (Å²) in [5.41, 5.74) is 6.62. The molecule has 1 amide bonds. The Morgan fingerprint density at radius 2 is 2.25 bits per heavy atom. The summed E-state index contributed by atoms with van der Waals surface area (Å²) in [4.78, 5) is 11.8. The van der Waals surface area contributed by atoms with Gasteiger partial charge in [0.1, 0.15) is 5.82 Å². The maximum absolute atomic E-state index is 12.9. The first-order chi connectivity index (χ1) is 7.58. The average Bonchev–Trinajstić information content (AvgIpc) is 2.25. The van der Waals surface area contributed by atoms with Crippen LogP contribution in [-0.2, 0) is 0 Å². The van der Waals surface area contributed by atoms with Crippen LogP contribution in [-0.4, -0.2) is 18.5 Å². The highest BCUT2D eigenvalue weighted by atomic mass is 19.1. The van der Waals surface area contributed by atoms with Crippen LogP contribution < -0.4 is 11.1 Å². The zero-order chi connectivity index (χ0) is 12.1. The summed E-state index contributed by atoms with van der Waals surface area (Å²) in [5, 5.41) is 2.81. The highest BCUT2D eigenvalue weighted by Crippen LogP contribution is 2.10. The second-order valence-corrected chi connectivity index (χ2v) is 3.77. The lowest BCUT2D eigenvalue weighted by Gasteiger charge is -2.15. The third kappa shape index (κ3) is 3.03. The zero-order valence-electron chi connectivity index (χ0n) is 9.59. The van der Waals surface area contributed by atoms with Crippen molar-refractivity contribution in [1.82, 2.24) is 5.32 Å². The van der Waals surface area contributed by atoms with Gasteiger partial charge in [0.15, 0.2) is 0 Å². The highest BCUT2D eigenvalue weighted by Gasteiger charge is 2.12. The Hall–Kier alpha value is -1.42. The van der Waals surface area contributed by atoms with Crippen molar-refractivity contribution < 1.29 is 9.18 Å². The normalized spacial score (nSPS) is 12.2. The summed E-state index contributed by atoms with van der Waals surface area (Å²) in [6.45, 7) is 4.07. The molecular formula is C12H17FN2O. The molecule has 3 N–H and O–H groups in total. The van der Waals surface area contributed by atoms with Crippen LogP contribution >= 0.6 is 0 Å². The number of nitrogens with one attached hydrogen (secondary N) is 1. The fourth-order valence-electron chi connectivity index (χ4n) is 1.47. The molecule has 1 rings (SSSR count). The van der Waals surface area contributed by atoms with Crippen molar-refractivity contribution in [2.45, 2.75) is 26.3 Å². The molecule has 1 aromatic rings. The van der Waals surface area contributed by atoms with Crippen LogP contribution in [0.5, 0.6) is 0 Å². The number of aryl methyl sites for hydroxylation is 1. The van der Waals surface area contributed by atoms with E-state index < -0.39 is 0 Å². The number of carbonyl (C=O) groups excluding carboxylic acids is 1. The van der Waals surface area contributed by atoms with Crippen LogP contribution in [0.4, 0.5) is 4.39 Å². The summed E-state index contributed by atoms with van der Waals surface area (Å²) in [6.07, 6.45) is 0.780. The molecular weight excluding hydrogens is 207 g/mol. The summed E-state index contributed by atoms with van der Waals surface area (Å²) < 4.78 is 12.9. The van der Waals surface area contributed by atoms with E-state index in [0.717, 1.165) is 6.42 Å². The van der Waals surface area contributed by atoms with Gasteiger partial charge in [-0.05, 0) is 37.1 Å². The Kier molecular flexibility index (Phi) is 4.43. The number of hydrogen-bond acceptors (Lipinski definition) is 2. The molecule has 0 radical (unpaired) electrons. The first-order valence-electron chi connectivity index (χ1n) is 5.35. The molecule has 0 aromatic heterocycles. The lowest BCUT2D eigenvalue weighted by Crippen LogP contribution is -2.39. The van der Waals surface area contributed by atoms with Crippen LogP contribution in [0.25, 0.3) is 0 Å². The molecule has 0 heterocycles. The molecule has 0 aliphatic rings. The van der Waals surface area contributed by atoms with Gasteiger partial charge in [0.05, 0.1) is 0 Å². The van der Waals surface area contributed by atoms with Crippen LogP contribution in [0.1, 0.15) is 29.3 Å². The Balaban J connectivity index is 2.80. The molecule has 1 atom stereocenters. The number of nitrogens with two attached hydrogens (primary N) is 1. The summed E-state index contributed by atoms with van der Waals surface area (Å²) in [7, 11) is 0. The number of halogens is 1. The van der Waals surface area contributed by atoms with E-state index in [0.29, 0.717) is 17.7 Å². The molecule has 3 nitrogen and oxygen atoms in total. The molecule has 4 heteroatoms. The lowest BCUT2D eigenvalue weighted by molar-refractivity contribution is 0.0936. The predicted molar refractivity (Wildman–Crippen MR) is 61.7 cm³/mol. The van der Waals surface area contributed by atoms with Crippen LogP contribution in [0.2, 0.25) is 0 Å². The molecule has 0 bridgehead atoms. The van der Waals surface area contributed by atoms with E-state index in [2.05, 4.69) is 5.32 Å². The van der Waals surface area contributed by atoms with Crippen molar-refractivity contribution in [1.29, 1.82) is 0 Å². The van der Waals surface area contributed by atoms with E-state index in [4.69, 9.17) is 5.73 Å². The van der Waals surface area contributed by atoms with Crippen molar-refractivity contribution in [2.24, 2.45) is 5.73 Å². The van der Waals surface area contributed by atoms with Crippen LogP contribution in [0, 0.1) is 12.7 Å². The molecule has 0 aliphatic heterocycles. The second kappa shape index (κ2) is 5.61.